The van der Waals surface area contributed by atoms with Crippen molar-refractivity contribution in [3.8, 4) is 0 Å². The van der Waals surface area contributed by atoms with Crippen LogP contribution in [0.1, 0.15) is 29.5 Å². The van der Waals surface area contributed by atoms with Gasteiger partial charge in [-0.05, 0) is 35.3 Å². The molecule has 0 unspecified atom stereocenters. The van der Waals surface area contributed by atoms with Crippen molar-refractivity contribution in [2.24, 2.45) is 0 Å². The van der Waals surface area contributed by atoms with Gasteiger partial charge in [0, 0.05) is 68.7 Å². The summed E-state index contributed by atoms with van der Waals surface area (Å²) in [6.45, 7) is 4.70. The van der Waals surface area contributed by atoms with Gasteiger partial charge in [0.05, 0.1) is 13.2 Å². The Morgan fingerprint density at radius 2 is 1.82 bits per heavy atom. The van der Waals surface area contributed by atoms with Crippen molar-refractivity contribution < 1.29 is 29.0 Å². The molecular weight excluding hydrogens is 512 g/mol. The summed E-state index contributed by atoms with van der Waals surface area (Å²) in [6.07, 6.45) is 6.84. The lowest BCUT2D eigenvalue weighted by molar-refractivity contribution is -0.182. The Bertz CT molecular complexity index is 1310. The molecule has 3 aromatic rings. The van der Waals surface area contributed by atoms with Gasteiger partial charge in [-0.1, -0.05) is 42.5 Å². The van der Waals surface area contributed by atoms with E-state index in [0.29, 0.717) is 58.8 Å². The number of carbonyl (C=O) groups excluding carboxylic acids is 2. The highest BCUT2D eigenvalue weighted by Gasteiger charge is 2.41. The van der Waals surface area contributed by atoms with Gasteiger partial charge < -0.3 is 24.1 Å². The van der Waals surface area contributed by atoms with Crippen LogP contribution in [0.4, 0.5) is 4.79 Å². The van der Waals surface area contributed by atoms with Crippen LogP contribution in [0.2, 0.25) is 0 Å². The average Bonchev–Trinajstić information content (AvgIpc) is 3.62. The zero-order chi connectivity index (χ0) is 27.8. The van der Waals surface area contributed by atoms with Crippen LogP contribution in [-0.4, -0.2) is 83.8 Å². The third-order valence-corrected chi connectivity index (χ3v) is 7.53. The molecule has 2 aliphatic rings. The van der Waals surface area contributed by atoms with Crippen LogP contribution in [0.5, 0.6) is 0 Å². The molecule has 2 amide bonds. The smallest absolute Gasteiger partial charge is 0.409 e. The Morgan fingerprint density at radius 1 is 1.07 bits per heavy atom. The van der Waals surface area contributed by atoms with E-state index in [1.165, 1.54) is 17.0 Å². The van der Waals surface area contributed by atoms with Crippen molar-refractivity contribution in [3.05, 3.63) is 77.5 Å². The lowest BCUT2D eigenvalue weighted by Gasteiger charge is -2.37. The number of para-hydroxylation sites is 1. The van der Waals surface area contributed by atoms with E-state index in [4.69, 9.17) is 19.4 Å². The Hall–Kier alpha value is -3.70. The van der Waals surface area contributed by atoms with Crippen LogP contribution >= 0.6 is 0 Å². The summed E-state index contributed by atoms with van der Waals surface area (Å²) in [7, 11) is 0. The third kappa shape index (κ3) is 7.08. The van der Waals surface area contributed by atoms with Gasteiger partial charge >= 0.3 is 6.09 Å². The second-order valence-corrected chi connectivity index (χ2v) is 10.1. The van der Waals surface area contributed by atoms with Gasteiger partial charge in [0.25, 0.3) is 5.91 Å². The van der Waals surface area contributed by atoms with E-state index in [-0.39, 0.29) is 6.09 Å². The van der Waals surface area contributed by atoms with Crippen molar-refractivity contribution in [2.75, 3.05) is 46.0 Å². The number of piperidine rings is 1. The van der Waals surface area contributed by atoms with Gasteiger partial charge in [-0.15, -0.1) is 0 Å². The second-order valence-electron chi connectivity index (χ2n) is 10.1. The Balaban J connectivity index is 1.17. The van der Waals surface area contributed by atoms with Crippen molar-refractivity contribution in [3.63, 3.8) is 0 Å². The number of benzene rings is 2. The number of ether oxygens (including phenoxy) is 3. The zero-order valence-electron chi connectivity index (χ0n) is 22.5. The highest BCUT2D eigenvalue weighted by molar-refractivity contribution is 5.90. The monoisotopic (exact) mass is 548 g/mol. The number of fused-ring (bicyclic) bond motifs is 1. The maximum Gasteiger partial charge on any atom is 0.409 e. The minimum absolute atomic E-state index is 0.290. The van der Waals surface area contributed by atoms with E-state index in [2.05, 4.69) is 28.2 Å². The SMILES string of the molecule is O=C(/C=C/c1ccc(CN(CCOC(=O)N2CCC3(CC2)OCCO3)CCc2c[nH]c3ccccc23)cc1)NO. The molecule has 0 saturated carbocycles. The fraction of sp³-hybridized carbons (Fsp3) is 0.400. The Labute approximate surface area is 233 Å². The molecule has 3 N–H and O–H groups in total. The number of aromatic nitrogens is 1. The normalized spacial score (nSPS) is 16.8. The molecule has 1 spiro atoms. The molecule has 1 aromatic heterocycles. The number of aromatic amines is 1. The van der Waals surface area contributed by atoms with Gasteiger partial charge in [0.2, 0.25) is 0 Å². The van der Waals surface area contributed by atoms with Gasteiger partial charge in [0.15, 0.2) is 5.79 Å². The van der Waals surface area contributed by atoms with Crippen molar-refractivity contribution in [1.82, 2.24) is 20.3 Å². The molecule has 3 heterocycles. The topological polar surface area (TPSA) is 116 Å². The molecule has 10 heteroatoms. The Kier molecular flexibility index (Phi) is 9.12. The first-order chi connectivity index (χ1) is 19.5. The summed E-state index contributed by atoms with van der Waals surface area (Å²) in [5.41, 5.74) is 5.91. The minimum Gasteiger partial charge on any atom is -0.448 e. The number of hydrogen-bond donors (Lipinski definition) is 3. The number of hydroxylamine groups is 1. The van der Waals surface area contributed by atoms with Crippen molar-refractivity contribution in [1.29, 1.82) is 0 Å². The molecule has 40 heavy (non-hydrogen) atoms. The van der Waals surface area contributed by atoms with E-state index >= 15 is 0 Å². The van der Waals surface area contributed by atoms with Crippen molar-refractivity contribution in [2.45, 2.75) is 31.6 Å². The van der Waals surface area contributed by atoms with E-state index in [9.17, 15) is 9.59 Å². The number of nitrogens with zero attached hydrogens (tertiary/aromatic N) is 2. The molecule has 0 bridgehead atoms. The maximum atomic E-state index is 12.7. The molecule has 2 aromatic carbocycles. The predicted octanol–water partition coefficient (Wildman–Crippen LogP) is 3.71. The van der Waals surface area contributed by atoms with E-state index < -0.39 is 11.7 Å². The summed E-state index contributed by atoms with van der Waals surface area (Å²) in [6, 6.07) is 16.1. The number of carbonyl (C=O) groups is 2. The number of hydrogen-bond acceptors (Lipinski definition) is 7. The summed E-state index contributed by atoms with van der Waals surface area (Å²) >= 11 is 0. The van der Waals surface area contributed by atoms with Crippen LogP contribution in [0.15, 0.2) is 60.8 Å². The third-order valence-electron chi connectivity index (χ3n) is 7.53. The van der Waals surface area contributed by atoms with E-state index in [1.807, 2.05) is 36.4 Å². The number of amides is 2. The van der Waals surface area contributed by atoms with Gasteiger partial charge in [-0.2, -0.15) is 0 Å². The predicted molar refractivity (Wildman–Crippen MR) is 149 cm³/mol. The zero-order valence-corrected chi connectivity index (χ0v) is 22.5. The van der Waals surface area contributed by atoms with Crippen LogP contribution in [0.3, 0.4) is 0 Å². The Morgan fingerprint density at radius 3 is 2.58 bits per heavy atom. The number of rotatable bonds is 10. The number of H-pyrrole nitrogens is 1. The minimum atomic E-state index is -0.577. The molecule has 212 valence electrons. The van der Waals surface area contributed by atoms with Gasteiger partial charge in [-0.25, -0.2) is 10.3 Å². The lowest BCUT2D eigenvalue weighted by atomic mass is 10.0. The number of likely N-dealkylation sites (tertiary alicyclic amines) is 1. The molecule has 0 radical (unpaired) electrons. The van der Waals surface area contributed by atoms with E-state index in [1.54, 1.807) is 16.5 Å². The largest absolute Gasteiger partial charge is 0.448 e. The lowest BCUT2D eigenvalue weighted by Crippen LogP contribution is -2.47. The second kappa shape index (κ2) is 13.1. The first kappa shape index (κ1) is 27.9. The van der Waals surface area contributed by atoms with Gasteiger partial charge in [0.1, 0.15) is 6.61 Å². The fourth-order valence-corrected chi connectivity index (χ4v) is 5.26. The van der Waals surface area contributed by atoms with Crippen LogP contribution in [0.25, 0.3) is 17.0 Å². The standard InChI is InChI=1S/C30H36N4O6/c35-28(32-37)10-9-23-5-7-24(8-6-23)22-33(14-11-25-21-31-27-4-2-1-3-26(25)27)17-18-38-29(36)34-15-12-30(13-16-34)39-19-20-40-30/h1-10,21,31,37H,11-20,22H2,(H,32,35)/b10-9+. The van der Waals surface area contributed by atoms with Gasteiger partial charge in [-0.3, -0.25) is 14.9 Å². The quantitative estimate of drug-likeness (QED) is 0.201. The van der Waals surface area contributed by atoms with E-state index in [0.717, 1.165) is 29.6 Å². The number of nitrogens with one attached hydrogen (secondary N) is 2. The summed E-state index contributed by atoms with van der Waals surface area (Å²) in [5.74, 6) is -1.10. The maximum absolute atomic E-state index is 12.7. The molecule has 0 aliphatic carbocycles. The fourth-order valence-electron chi connectivity index (χ4n) is 5.26. The first-order valence-electron chi connectivity index (χ1n) is 13.7. The van der Waals surface area contributed by atoms with Crippen molar-refractivity contribution >= 4 is 29.0 Å². The molecule has 2 fully saturated rings. The molecule has 0 atom stereocenters. The molecular formula is C30H36N4O6. The van der Waals surface area contributed by atoms with Crippen LogP contribution in [0, 0.1) is 0 Å². The molecule has 2 saturated heterocycles. The summed E-state index contributed by atoms with van der Waals surface area (Å²) < 4.78 is 17.2. The average molecular weight is 549 g/mol. The molecule has 10 nitrogen and oxygen atoms in total. The highest BCUT2D eigenvalue weighted by atomic mass is 16.7. The summed E-state index contributed by atoms with van der Waals surface area (Å²) in [5, 5.41) is 9.87. The van der Waals surface area contributed by atoms with Crippen LogP contribution < -0.4 is 5.48 Å². The molecule has 5 rings (SSSR count). The summed E-state index contributed by atoms with van der Waals surface area (Å²) in [4.78, 5) is 31.4. The highest BCUT2D eigenvalue weighted by Crippen LogP contribution is 2.31. The molecule has 2 aliphatic heterocycles. The van der Waals surface area contributed by atoms with Crippen LogP contribution in [-0.2, 0) is 32.0 Å². The first-order valence-corrected chi connectivity index (χ1v) is 13.7.